The molecule has 1 heterocycles. The van der Waals surface area contributed by atoms with Crippen LogP contribution in [0.2, 0.25) is 5.15 Å². The van der Waals surface area contributed by atoms with Gasteiger partial charge in [0.25, 0.3) is 0 Å². The molecule has 2 rings (SSSR count). The topological polar surface area (TPSA) is 98.2 Å². The summed E-state index contributed by atoms with van der Waals surface area (Å²) in [5.41, 5.74) is 5.56. The maximum Gasteiger partial charge on any atom is 0.389 e. The molecule has 0 saturated carbocycles. The number of aromatic nitrogens is 2. The number of aryl methyl sites for hydroxylation is 2. The van der Waals surface area contributed by atoms with Gasteiger partial charge >= 0.3 is 6.18 Å². The van der Waals surface area contributed by atoms with Crippen LogP contribution in [0.4, 0.5) is 13.2 Å². The lowest BCUT2D eigenvalue weighted by molar-refractivity contribution is -0.139. The Bertz CT molecular complexity index is 899. The second-order valence-corrected chi connectivity index (χ2v) is 8.57. The van der Waals surface area contributed by atoms with Gasteiger partial charge in [-0.1, -0.05) is 41.9 Å². The number of hydrogen-bond acceptors (Lipinski definition) is 5. The SMILES string of the molecule is Cc1nn(C)c(Cl)c1S(=O)(=O)[C@H](C(N)O)[C@H](CC(F)(F)F)c1ccccc1. The van der Waals surface area contributed by atoms with E-state index in [1.54, 1.807) is 6.07 Å². The summed E-state index contributed by atoms with van der Waals surface area (Å²) in [5, 5.41) is 11.6. The van der Waals surface area contributed by atoms with Crippen LogP contribution < -0.4 is 5.73 Å². The minimum atomic E-state index is -4.68. The normalized spacial score (nSPS) is 16.1. The minimum Gasteiger partial charge on any atom is -0.377 e. The van der Waals surface area contributed by atoms with Gasteiger partial charge < -0.3 is 10.8 Å². The molecule has 3 N–H and O–H groups in total. The number of sulfone groups is 1. The molecule has 150 valence electrons. The van der Waals surface area contributed by atoms with E-state index in [2.05, 4.69) is 5.10 Å². The summed E-state index contributed by atoms with van der Waals surface area (Å²) in [6, 6.07) is 7.26. The van der Waals surface area contributed by atoms with Crippen LogP contribution in [0, 0.1) is 6.92 Å². The fourth-order valence-electron chi connectivity index (χ4n) is 3.08. The zero-order chi connectivity index (χ0) is 20.6. The standard InChI is InChI=1S/C16H19ClF3N3O3S/c1-9-12(14(17)23(2)22-9)27(25,26)13(15(21)24)11(8-16(18,19)20)10-6-4-3-5-7-10/h3-7,11,13,15,24H,8,21H2,1-2H3/t11-,13+,15?/m1/s1. The first-order chi connectivity index (χ1) is 12.4. The number of aliphatic hydroxyl groups is 1. The first-order valence-corrected chi connectivity index (χ1v) is 9.77. The zero-order valence-corrected chi connectivity index (χ0v) is 16.1. The highest BCUT2D eigenvalue weighted by atomic mass is 35.5. The molecule has 0 fully saturated rings. The van der Waals surface area contributed by atoms with Gasteiger partial charge in [0.15, 0.2) is 9.84 Å². The molecule has 0 aliphatic carbocycles. The molecule has 0 radical (unpaired) electrons. The molecule has 0 spiro atoms. The van der Waals surface area contributed by atoms with Crippen molar-refractivity contribution in [1.29, 1.82) is 0 Å². The third-order valence-corrected chi connectivity index (χ3v) is 7.08. The molecule has 0 saturated heterocycles. The summed E-state index contributed by atoms with van der Waals surface area (Å²) in [6.07, 6.45) is -8.23. The van der Waals surface area contributed by atoms with E-state index in [1.807, 2.05) is 0 Å². The minimum absolute atomic E-state index is 0.00645. The highest BCUT2D eigenvalue weighted by Crippen LogP contribution is 2.40. The van der Waals surface area contributed by atoms with Gasteiger partial charge in [-0.25, -0.2) is 8.42 Å². The molecule has 2 aromatic rings. The maximum absolute atomic E-state index is 13.2. The third kappa shape index (κ3) is 4.63. The summed E-state index contributed by atoms with van der Waals surface area (Å²) in [4.78, 5) is -0.440. The van der Waals surface area contributed by atoms with Crippen molar-refractivity contribution in [3.8, 4) is 0 Å². The molecule has 0 aliphatic rings. The third-order valence-electron chi connectivity index (χ3n) is 4.16. The summed E-state index contributed by atoms with van der Waals surface area (Å²) >= 11 is 6.01. The molecular formula is C16H19ClF3N3O3S. The second kappa shape index (κ2) is 7.78. The number of hydrogen-bond donors (Lipinski definition) is 2. The van der Waals surface area contributed by atoms with Crippen LogP contribution in [0.5, 0.6) is 0 Å². The first-order valence-electron chi connectivity index (χ1n) is 7.84. The Morgan fingerprint density at radius 1 is 1.30 bits per heavy atom. The van der Waals surface area contributed by atoms with Gasteiger partial charge in [-0.05, 0) is 12.5 Å². The van der Waals surface area contributed by atoms with E-state index in [9.17, 15) is 26.7 Å². The number of nitrogens with zero attached hydrogens (tertiary/aromatic N) is 2. The van der Waals surface area contributed by atoms with Gasteiger partial charge in [0, 0.05) is 13.0 Å². The average Bonchev–Trinajstić information content (AvgIpc) is 2.78. The van der Waals surface area contributed by atoms with Crippen molar-refractivity contribution in [3.05, 3.63) is 46.7 Å². The fourth-order valence-corrected chi connectivity index (χ4v) is 5.72. The predicted octanol–water partition coefficient (Wildman–Crippen LogP) is 2.54. The van der Waals surface area contributed by atoms with E-state index >= 15 is 0 Å². The Morgan fingerprint density at radius 2 is 1.85 bits per heavy atom. The van der Waals surface area contributed by atoms with Crippen molar-refractivity contribution in [2.45, 2.75) is 41.8 Å². The molecule has 11 heteroatoms. The van der Waals surface area contributed by atoms with Crippen LogP contribution in [-0.2, 0) is 16.9 Å². The quantitative estimate of drug-likeness (QED) is 0.693. The van der Waals surface area contributed by atoms with E-state index < -0.39 is 44.7 Å². The van der Waals surface area contributed by atoms with Gasteiger partial charge in [-0.3, -0.25) is 4.68 Å². The van der Waals surface area contributed by atoms with Crippen LogP contribution in [-0.4, -0.2) is 41.0 Å². The van der Waals surface area contributed by atoms with Gasteiger partial charge in [0.1, 0.15) is 21.5 Å². The monoisotopic (exact) mass is 425 g/mol. The van der Waals surface area contributed by atoms with Crippen molar-refractivity contribution in [2.75, 3.05) is 0 Å². The summed E-state index contributed by atoms with van der Waals surface area (Å²) < 4.78 is 67.1. The Morgan fingerprint density at radius 3 is 2.26 bits per heavy atom. The van der Waals surface area contributed by atoms with Crippen molar-refractivity contribution in [2.24, 2.45) is 12.8 Å². The Labute approximate surface area is 159 Å². The van der Waals surface area contributed by atoms with E-state index in [4.69, 9.17) is 17.3 Å². The molecule has 1 unspecified atom stereocenters. The molecule has 6 nitrogen and oxygen atoms in total. The van der Waals surface area contributed by atoms with Gasteiger partial charge in [0.2, 0.25) is 0 Å². The molecule has 0 bridgehead atoms. The number of alkyl halides is 3. The average molecular weight is 426 g/mol. The molecule has 0 amide bonds. The van der Waals surface area contributed by atoms with Crippen LogP contribution >= 0.6 is 11.6 Å². The fraction of sp³-hybridized carbons (Fsp3) is 0.438. The van der Waals surface area contributed by atoms with Crippen LogP contribution in [0.25, 0.3) is 0 Å². The lowest BCUT2D eigenvalue weighted by Gasteiger charge is -2.30. The summed E-state index contributed by atoms with van der Waals surface area (Å²) in [7, 11) is -3.16. The zero-order valence-electron chi connectivity index (χ0n) is 14.5. The number of aliphatic hydroxyl groups excluding tert-OH is 1. The highest BCUT2D eigenvalue weighted by molar-refractivity contribution is 7.92. The molecule has 3 atom stereocenters. The van der Waals surface area contributed by atoms with Crippen molar-refractivity contribution < 1.29 is 26.7 Å². The van der Waals surface area contributed by atoms with E-state index in [0.717, 1.165) is 4.68 Å². The number of rotatable bonds is 6. The van der Waals surface area contributed by atoms with Crippen molar-refractivity contribution in [1.82, 2.24) is 9.78 Å². The van der Waals surface area contributed by atoms with Gasteiger partial charge in [0.05, 0.1) is 12.1 Å². The summed E-state index contributed by atoms with van der Waals surface area (Å²) in [5.74, 6) is -1.63. The Balaban J connectivity index is 2.68. The lowest BCUT2D eigenvalue weighted by atomic mass is 9.91. The molecule has 0 aliphatic heterocycles. The van der Waals surface area contributed by atoms with Gasteiger partial charge in [-0.15, -0.1) is 0 Å². The molecule has 27 heavy (non-hydrogen) atoms. The predicted molar refractivity (Wildman–Crippen MR) is 94.0 cm³/mol. The second-order valence-electron chi connectivity index (χ2n) is 6.17. The Kier molecular flexibility index (Phi) is 6.25. The van der Waals surface area contributed by atoms with Gasteiger partial charge in [-0.2, -0.15) is 18.3 Å². The summed E-state index contributed by atoms with van der Waals surface area (Å²) in [6.45, 7) is 1.36. The smallest absolute Gasteiger partial charge is 0.377 e. The highest BCUT2D eigenvalue weighted by Gasteiger charge is 2.46. The van der Waals surface area contributed by atoms with Crippen LogP contribution in [0.1, 0.15) is 23.6 Å². The number of benzene rings is 1. The van der Waals surface area contributed by atoms with Crippen LogP contribution in [0.3, 0.4) is 0 Å². The first kappa shape index (κ1) is 21.7. The molecular weight excluding hydrogens is 407 g/mol. The maximum atomic E-state index is 13.2. The van der Waals surface area contributed by atoms with E-state index in [0.29, 0.717) is 0 Å². The Hall–Kier alpha value is -1.62. The largest absolute Gasteiger partial charge is 0.389 e. The molecule has 1 aromatic carbocycles. The van der Waals surface area contributed by atoms with Crippen molar-refractivity contribution in [3.63, 3.8) is 0 Å². The van der Waals surface area contributed by atoms with E-state index in [1.165, 1.54) is 38.2 Å². The molecule has 1 aromatic heterocycles. The van der Waals surface area contributed by atoms with Crippen molar-refractivity contribution >= 4 is 21.4 Å². The van der Waals surface area contributed by atoms with E-state index in [-0.39, 0.29) is 16.4 Å². The van der Waals surface area contributed by atoms with Crippen LogP contribution in [0.15, 0.2) is 35.2 Å². The number of nitrogens with two attached hydrogens (primary N) is 1. The number of halogens is 4. The lowest BCUT2D eigenvalue weighted by Crippen LogP contribution is -2.45.